The van der Waals surface area contributed by atoms with E-state index in [-0.39, 0.29) is 4.90 Å². The van der Waals surface area contributed by atoms with Gasteiger partial charge in [-0.05, 0) is 63.8 Å². The largest absolute Gasteiger partial charge is 0.497 e. The molecule has 0 unspecified atom stereocenters. The molecule has 2 aromatic rings. The molecule has 0 amide bonds. The molecule has 1 N–H and O–H groups in total. The summed E-state index contributed by atoms with van der Waals surface area (Å²) in [4.78, 5) is 0.175. The number of anilines is 1. The molecule has 0 heterocycles. The Bertz CT molecular complexity index is 718. The van der Waals surface area contributed by atoms with Gasteiger partial charge in [0.25, 0.3) is 10.0 Å². The number of benzene rings is 2. The van der Waals surface area contributed by atoms with Gasteiger partial charge in [0.2, 0.25) is 0 Å². The second-order valence-corrected chi connectivity index (χ2v) is 9.25. The fourth-order valence-corrected chi connectivity index (χ4v) is 2.69. The van der Waals surface area contributed by atoms with Crippen molar-refractivity contribution in [2.75, 3.05) is 27.8 Å². The summed E-state index contributed by atoms with van der Waals surface area (Å²) in [6.07, 6.45) is 1.31. The van der Waals surface area contributed by atoms with E-state index in [1.165, 1.54) is 34.5 Å². The number of rotatable bonds is 6. The zero-order valence-electron chi connectivity index (χ0n) is 16.0. The van der Waals surface area contributed by atoms with Gasteiger partial charge in [-0.2, -0.15) is 0 Å². The maximum absolute atomic E-state index is 12.2. The average molecular weight is 619 g/mol. The third-order valence-electron chi connectivity index (χ3n) is 2.90. The predicted octanol–water partition coefficient (Wildman–Crippen LogP) is 5.78. The van der Waals surface area contributed by atoms with Crippen LogP contribution in [0.15, 0.2) is 53.4 Å². The Hall–Kier alpha value is -0.750. The van der Waals surface area contributed by atoms with E-state index in [9.17, 15) is 8.42 Å². The molecule has 8 heteroatoms. The standard InChI is InChI=1S/C14H15NO4S.C3H7I.C2H5I/c1-18-12-5-3-11(4-6-12)15-20(16,17)14-9-7-13(19-2)8-10-14;1-2-3-4;1-2-3/h3-10,15H,1-2H3;2-3H2,1H3;2H2,1H3. The third-order valence-corrected chi connectivity index (χ3v) is 5.38. The summed E-state index contributed by atoms with van der Waals surface area (Å²) in [5.74, 6) is 1.27. The van der Waals surface area contributed by atoms with Crippen molar-refractivity contribution in [2.45, 2.75) is 25.2 Å². The number of alkyl halides is 2. The van der Waals surface area contributed by atoms with Crippen LogP contribution in [0.4, 0.5) is 5.69 Å². The first kappa shape index (κ1) is 26.2. The lowest BCUT2D eigenvalue weighted by Gasteiger charge is -2.09. The summed E-state index contributed by atoms with van der Waals surface area (Å²) in [5, 5.41) is 0. The Kier molecular flexibility index (Phi) is 14.8. The summed E-state index contributed by atoms with van der Waals surface area (Å²) in [7, 11) is -0.525. The molecule has 2 aromatic carbocycles. The molecular formula is C19H27I2NO4S. The molecule has 0 saturated heterocycles. The summed E-state index contributed by atoms with van der Waals surface area (Å²) in [6, 6.07) is 12.8. The maximum atomic E-state index is 12.2. The van der Waals surface area contributed by atoms with Crippen LogP contribution < -0.4 is 14.2 Å². The molecule has 0 aliphatic rings. The number of hydrogen-bond acceptors (Lipinski definition) is 4. The highest BCUT2D eigenvalue weighted by Gasteiger charge is 2.14. The Morgan fingerprint density at radius 1 is 0.852 bits per heavy atom. The lowest BCUT2D eigenvalue weighted by atomic mass is 10.3. The van der Waals surface area contributed by atoms with E-state index in [1.54, 1.807) is 43.5 Å². The quantitative estimate of drug-likeness (QED) is 0.329. The van der Waals surface area contributed by atoms with Crippen LogP contribution >= 0.6 is 45.2 Å². The van der Waals surface area contributed by atoms with Crippen LogP contribution in [-0.2, 0) is 10.0 Å². The average Bonchev–Trinajstić information content (AvgIpc) is 2.69. The van der Waals surface area contributed by atoms with E-state index in [0.29, 0.717) is 17.2 Å². The van der Waals surface area contributed by atoms with Gasteiger partial charge in [0.1, 0.15) is 11.5 Å². The highest BCUT2D eigenvalue weighted by atomic mass is 127. The number of halogens is 2. The molecule has 0 spiro atoms. The number of sulfonamides is 1. The molecule has 0 aromatic heterocycles. The van der Waals surface area contributed by atoms with Crippen LogP contribution in [0.2, 0.25) is 0 Å². The van der Waals surface area contributed by atoms with Gasteiger partial charge in [0.15, 0.2) is 0 Å². The predicted molar refractivity (Wildman–Crippen MR) is 131 cm³/mol. The van der Waals surface area contributed by atoms with Crippen molar-refractivity contribution in [1.29, 1.82) is 0 Å². The van der Waals surface area contributed by atoms with Crippen molar-refractivity contribution >= 4 is 60.9 Å². The Morgan fingerprint density at radius 2 is 1.22 bits per heavy atom. The summed E-state index contributed by atoms with van der Waals surface area (Å²) in [6.45, 7) is 4.28. The minimum absolute atomic E-state index is 0.175. The molecule has 152 valence electrons. The van der Waals surface area contributed by atoms with Gasteiger partial charge in [0, 0.05) is 5.69 Å². The first-order chi connectivity index (χ1) is 12.9. The van der Waals surface area contributed by atoms with Gasteiger partial charge < -0.3 is 9.47 Å². The topological polar surface area (TPSA) is 64.6 Å². The fourth-order valence-electron chi connectivity index (χ4n) is 1.63. The van der Waals surface area contributed by atoms with Gasteiger partial charge in [-0.3, -0.25) is 4.72 Å². The number of hydrogen-bond donors (Lipinski definition) is 1. The van der Waals surface area contributed by atoms with E-state index in [0.717, 1.165) is 0 Å². The molecule has 0 saturated carbocycles. The van der Waals surface area contributed by atoms with Crippen LogP contribution in [0.3, 0.4) is 0 Å². The summed E-state index contributed by atoms with van der Waals surface area (Å²) >= 11 is 4.64. The van der Waals surface area contributed by atoms with Crippen molar-refractivity contribution in [1.82, 2.24) is 0 Å². The summed E-state index contributed by atoms with van der Waals surface area (Å²) in [5.41, 5.74) is 0.474. The first-order valence-corrected chi connectivity index (χ1v) is 12.8. The van der Waals surface area contributed by atoms with Crippen molar-refractivity contribution < 1.29 is 17.9 Å². The smallest absolute Gasteiger partial charge is 0.261 e. The molecule has 0 aliphatic carbocycles. The number of ether oxygens (including phenoxy) is 2. The van der Waals surface area contributed by atoms with Gasteiger partial charge in [-0.25, -0.2) is 8.42 Å². The van der Waals surface area contributed by atoms with Crippen LogP contribution in [0.25, 0.3) is 0 Å². The van der Waals surface area contributed by atoms with Gasteiger partial charge >= 0.3 is 0 Å². The van der Waals surface area contributed by atoms with Crippen LogP contribution in [-0.4, -0.2) is 31.5 Å². The SMILES string of the molecule is CCCI.CCI.COc1ccc(NS(=O)(=O)c2ccc(OC)cc2)cc1. The molecule has 2 rings (SSSR count). The van der Waals surface area contributed by atoms with E-state index in [4.69, 9.17) is 9.47 Å². The van der Waals surface area contributed by atoms with Crippen LogP contribution in [0.1, 0.15) is 20.3 Å². The highest BCUT2D eigenvalue weighted by molar-refractivity contribution is 14.1. The van der Waals surface area contributed by atoms with E-state index in [2.05, 4.69) is 63.8 Å². The van der Waals surface area contributed by atoms with E-state index < -0.39 is 10.0 Å². The van der Waals surface area contributed by atoms with Crippen molar-refractivity contribution in [3.63, 3.8) is 0 Å². The summed E-state index contributed by atoms with van der Waals surface area (Å²) < 4.78 is 39.4. The normalized spacial score (nSPS) is 9.85. The van der Waals surface area contributed by atoms with Gasteiger partial charge in [-0.15, -0.1) is 0 Å². The van der Waals surface area contributed by atoms with Crippen molar-refractivity contribution in [2.24, 2.45) is 0 Å². The van der Waals surface area contributed by atoms with Crippen molar-refractivity contribution in [3.8, 4) is 11.5 Å². The van der Waals surface area contributed by atoms with E-state index >= 15 is 0 Å². The lowest BCUT2D eigenvalue weighted by Crippen LogP contribution is -2.12. The third kappa shape index (κ3) is 11.0. The zero-order valence-corrected chi connectivity index (χ0v) is 21.2. The maximum Gasteiger partial charge on any atom is 0.261 e. The second kappa shape index (κ2) is 15.2. The molecule has 0 bridgehead atoms. The van der Waals surface area contributed by atoms with Crippen LogP contribution in [0, 0.1) is 0 Å². The Balaban J connectivity index is 0.000000836. The zero-order chi connectivity index (χ0) is 20.7. The van der Waals surface area contributed by atoms with Gasteiger partial charge in [-0.1, -0.05) is 59.0 Å². The molecular weight excluding hydrogens is 592 g/mol. The molecule has 0 atom stereocenters. The fraction of sp³-hybridized carbons (Fsp3) is 0.368. The molecule has 0 aliphatic heterocycles. The Labute approximate surface area is 190 Å². The lowest BCUT2D eigenvalue weighted by molar-refractivity contribution is 0.414. The van der Waals surface area contributed by atoms with Gasteiger partial charge in [0.05, 0.1) is 19.1 Å². The molecule has 5 nitrogen and oxygen atoms in total. The number of methoxy groups -OCH3 is 2. The highest BCUT2D eigenvalue weighted by Crippen LogP contribution is 2.20. The minimum atomic E-state index is -3.60. The molecule has 0 radical (unpaired) electrons. The van der Waals surface area contributed by atoms with E-state index in [1.807, 2.05) is 0 Å². The molecule has 27 heavy (non-hydrogen) atoms. The minimum Gasteiger partial charge on any atom is -0.497 e. The van der Waals surface area contributed by atoms with Crippen molar-refractivity contribution in [3.05, 3.63) is 48.5 Å². The van der Waals surface area contributed by atoms with Crippen LogP contribution in [0.5, 0.6) is 11.5 Å². The monoisotopic (exact) mass is 619 g/mol. The second-order valence-electron chi connectivity index (χ2n) is 4.97. The Morgan fingerprint density at radius 3 is 1.56 bits per heavy atom. The molecule has 0 fully saturated rings. The first-order valence-electron chi connectivity index (χ1n) is 8.31. The number of nitrogens with one attached hydrogen (secondary N) is 1.